The summed E-state index contributed by atoms with van der Waals surface area (Å²) in [5.41, 5.74) is 1.90. The molecule has 124 valence electrons. The van der Waals surface area contributed by atoms with E-state index >= 15 is 0 Å². The molecule has 0 spiro atoms. The van der Waals surface area contributed by atoms with E-state index in [-0.39, 0.29) is 12.2 Å². The number of carbonyl (C=O) groups excluding carboxylic acids is 1. The standard InChI is InChI=1S/C16H17N5O3/c1-2-8-21-13-6-4-3-5-11(13)17-16(21)18-15(24)12-7-9-20(19-12)10-14(22)23/h3-7,9H,2,8,10H2,1H3,(H,22,23)(H,17,18,24). The second-order valence-electron chi connectivity index (χ2n) is 5.32. The Bertz CT molecular complexity index is 896. The molecular weight excluding hydrogens is 310 g/mol. The van der Waals surface area contributed by atoms with Crippen LogP contribution in [0.4, 0.5) is 5.95 Å². The number of fused-ring (bicyclic) bond motifs is 1. The molecule has 8 nitrogen and oxygen atoms in total. The molecule has 0 radical (unpaired) electrons. The van der Waals surface area contributed by atoms with Gasteiger partial charge in [0.2, 0.25) is 5.95 Å². The van der Waals surface area contributed by atoms with E-state index in [4.69, 9.17) is 5.11 Å². The quantitative estimate of drug-likeness (QED) is 0.721. The molecule has 0 bridgehead atoms. The SMILES string of the molecule is CCCn1c(NC(=O)c2ccn(CC(=O)O)n2)nc2ccccc21. The number of carboxylic acids is 1. The number of anilines is 1. The third-order valence-electron chi connectivity index (χ3n) is 3.50. The van der Waals surface area contributed by atoms with Gasteiger partial charge < -0.3 is 9.67 Å². The van der Waals surface area contributed by atoms with Gasteiger partial charge in [0.15, 0.2) is 5.69 Å². The van der Waals surface area contributed by atoms with Crippen molar-refractivity contribution in [3.05, 3.63) is 42.2 Å². The van der Waals surface area contributed by atoms with Gasteiger partial charge >= 0.3 is 5.97 Å². The molecule has 1 aromatic carbocycles. The Hall–Kier alpha value is -3.16. The lowest BCUT2D eigenvalue weighted by Crippen LogP contribution is -2.17. The van der Waals surface area contributed by atoms with Gasteiger partial charge in [-0.1, -0.05) is 19.1 Å². The Balaban J connectivity index is 1.86. The minimum absolute atomic E-state index is 0.145. The largest absolute Gasteiger partial charge is 0.480 e. The molecule has 1 amide bonds. The van der Waals surface area contributed by atoms with Gasteiger partial charge in [-0.05, 0) is 24.6 Å². The molecule has 0 saturated carbocycles. The molecule has 0 aliphatic heterocycles. The third kappa shape index (κ3) is 3.12. The zero-order valence-electron chi connectivity index (χ0n) is 13.1. The molecule has 0 fully saturated rings. The van der Waals surface area contributed by atoms with E-state index < -0.39 is 11.9 Å². The van der Waals surface area contributed by atoms with Crippen molar-refractivity contribution in [1.82, 2.24) is 19.3 Å². The van der Waals surface area contributed by atoms with Crippen molar-refractivity contribution in [3.63, 3.8) is 0 Å². The number of aliphatic carboxylic acids is 1. The lowest BCUT2D eigenvalue weighted by molar-refractivity contribution is -0.137. The summed E-state index contributed by atoms with van der Waals surface area (Å²) in [6.07, 6.45) is 2.36. The van der Waals surface area contributed by atoms with Crippen LogP contribution in [0.5, 0.6) is 0 Å². The van der Waals surface area contributed by atoms with E-state index in [9.17, 15) is 9.59 Å². The first kappa shape index (κ1) is 15.7. The number of carbonyl (C=O) groups is 2. The maximum absolute atomic E-state index is 12.4. The van der Waals surface area contributed by atoms with Crippen LogP contribution in [0.1, 0.15) is 23.8 Å². The second kappa shape index (κ2) is 6.53. The van der Waals surface area contributed by atoms with Gasteiger partial charge in [0, 0.05) is 12.7 Å². The monoisotopic (exact) mass is 327 g/mol. The van der Waals surface area contributed by atoms with E-state index in [0.717, 1.165) is 24.0 Å². The zero-order valence-corrected chi connectivity index (χ0v) is 13.1. The van der Waals surface area contributed by atoms with Crippen LogP contribution in [0.2, 0.25) is 0 Å². The van der Waals surface area contributed by atoms with Gasteiger partial charge in [-0.25, -0.2) is 4.98 Å². The van der Waals surface area contributed by atoms with Crippen LogP contribution >= 0.6 is 0 Å². The highest BCUT2D eigenvalue weighted by Gasteiger charge is 2.16. The average molecular weight is 327 g/mol. The van der Waals surface area contributed by atoms with Crippen LogP contribution in [0.25, 0.3) is 11.0 Å². The number of rotatable bonds is 6. The molecule has 0 aliphatic carbocycles. The summed E-state index contributed by atoms with van der Waals surface area (Å²) >= 11 is 0. The van der Waals surface area contributed by atoms with Gasteiger partial charge in [0.1, 0.15) is 6.54 Å². The summed E-state index contributed by atoms with van der Waals surface area (Å²) in [6.45, 7) is 2.49. The molecule has 0 saturated heterocycles. The van der Waals surface area contributed by atoms with Gasteiger partial charge in [0.25, 0.3) is 5.91 Å². The van der Waals surface area contributed by atoms with Gasteiger partial charge in [0.05, 0.1) is 11.0 Å². The molecule has 3 rings (SSSR count). The number of benzene rings is 1. The molecule has 24 heavy (non-hydrogen) atoms. The zero-order chi connectivity index (χ0) is 17.1. The van der Waals surface area contributed by atoms with Crippen molar-refractivity contribution >= 4 is 28.9 Å². The first-order chi connectivity index (χ1) is 11.6. The Labute approximate surface area is 137 Å². The van der Waals surface area contributed by atoms with E-state index in [1.165, 1.54) is 16.9 Å². The number of hydrogen-bond acceptors (Lipinski definition) is 4. The first-order valence-corrected chi connectivity index (χ1v) is 7.60. The number of carboxylic acid groups (broad SMARTS) is 1. The number of para-hydroxylation sites is 2. The molecule has 2 N–H and O–H groups in total. The fourth-order valence-corrected chi connectivity index (χ4v) is 2.50. The Morgan fingerprint density at radius 1 is 1.25 bits per heavy atom. The molecule has 2 heterocycles. The van der Waals surface area contributed by atoms with Crippen LogP contribution in [0.3, 0.4) is 0 Å². The minimum Gasteiger partial charge on any atom is -0.480 e. The topological polar surface area (TPSA) is 102 Å². The van der Waals surface area contributed by atoms with Crippen LogP contribution in [0.15, 0.2) is 36.5 Å². The molecular formula is C16H17N5O3. The van der Waals surface area contributed by atoms with E-state index in [1.807, 2.05) is 35.8 Å². The average Bonchev–Trinajstić information content (AvgIpc) is 3.13. The smallest absolute Gasteiger partial charge is 0.325 e. The summed E-state index contributed by atoms with van der Waals surface area (Å²) in [7, 11) is 0. The van der Waals surface area contributed by atoms with Gasteiger partial charge in [-0.15, -0.1) is 0 Å². The van der Waals surface area contributed by atoms with Crippen LogP contribution in [-0.2, 0) is 17.9 Å². The molecule has 3 aromatic rings. The van der Waals surface area contributed by atoms with E-state index in [1.54, 1.807) is 0 Å². The van der Waals surface area contributed by atoms with Gasteiger partial charge in [-0.3, -0.25) is 19.6 Å². The van der Waals surface area contributed by atoms with E-state index in [2.05, 4.69) is 15.4 Å². The van der Waals surface area contributed by atoms with Crippen molar-refractivity contribution < 1.29 is 14.7 Å². The van der Waals surface area contributed by atoms with Crippen LogP contribution in [0, 0.1) is 0 Å². The van der Waals surface area contributed by atoms with Crippen molar-refractivity contribution in [3.8, 4) is 0 Å². The summed E-state index contributed by atoms with van der Waals surface area (Å²) < 4.78 is 3.15. The molecule has 0 unspecified atom stereocenters. The minimum atomic E-state index is -1.02. The fourth-order valence-electron chi connectivity index (χ4n) is 2.50. The number of hydrogen-bond donors (Lipinski definition) is 2. The summed E-state index contributed by atoms with van der Waals surface area (Å²) in [6, 6.07) is 9.14. The lowest BCUT2D eigenvalue weighted by atomic mass is 10.3. The summed E-state index contributed by atoms with van der Waals surface area (Å²) in [5.74, 6) is -0.988. The summed E-state index contributed by atoms with van der Waals surface area (Å²) in [4.78, 5) is 27.5. The van der Waals surface area contributed by atoms with Crippen LogP contribution in [-0.4, -0.2) is 36.3 Å². The van der Waals surface area contributed by atoms with Gasteiger partial charge in [-0.2, -0.15) is 5.10 Å². The highest BCUT2D eigenvalue weighted by molar-refractivity contribution is 6.02. The number of aromatic nitrogens is 4. The molecule has 2 aromatic heterocycles. The Morgan fingerprint density at radius 2 is 2.04 bits per heavy atom. The van der Waals surface area contributed by atoms with Crippen molar-refractivity contribution in [1.29, 1.82) is 0 Å². The van der Waals surface area contributed by atoms with Crippen molar-refractivity contribution in [2.75, 3.05) is 5.32 Å². The van der Waals surface area contributed by atoms with Crippen LogP contribution < -0.4 is 5.32 Å². The Kier molecular flexibility index (Phi) is 4.28. The van der Waals surface area contributed by atoms with E-state index in [0.29, 0.717) is 5.95 Å². The third-order valence-corrected chi connectivity index (χ3v) is 3.50. The predicted octanol–water partition coefficient (Wildman–Crippen LogP) is 1.98. The predicted molar refractivity (Wildman–Crippen MR) is 87.8 cm³/mol. The number of nitrogens with zero attached hydrogens (tertiary/aromatic N) is 4. The first-order valence-electron chi connectivity index (χ1n) is 7.60. The highest BCUT2D eigenvalue weighted by Crippen LogP contribution is 2.20. The second-order valence-corrected chi connectivity index (χ2v) is 5.32. The number of imidazole rings is 1. The molecule has 0 atom stereocenters. The van der Waals surface area contributed by atoms with Crippen molar-refractivity contribution in [2.24, 2.45) is 0 Å². The Morgan fingerprint density at radius 3 is 2.79 bits per heavy atom. The number of amides is 1. The fraction of sp³-hybridized carbons (Fsp3) is 0.250. The lowest BCUT2D eigenvalue weighted by Gasteiger charge is -2.07. The molecule has 8 heteroatoms. The maximum Gasteiger partial charge on any atom is 0.325 e. The number of aryl methyl sites for hydroxylation is 1. The number of nitrogens with one attached hydrogen (secondary N) is 1. The maximum atomic E-state index is 12.4. The normalized spacial score (nSPS) is 10.9. The molecule has 0 aliphatic rings. The highest BCUT2D eigenvalue weighted by atomic mass is 16.4. The summed E-state index contributed by atoms with van der Waals surface area (Å²) in [5, 5.41) is 15.5. The van der Waals surface area contributed by atoms with Crippen molar-refractivity contribution in [2.45, 2.75) is 26.4 Å².